The number of ketones is 1. The number of halogens is 1. The van der Waals surface area contributed by atoms with Gasteiger partial charge in [0.15, 0.2) is 5.78 Å². The lowest BCUT2D eigenvalue weighted by Gasteiger charge is -2.07. The van der Waals surface area contributed by atoms with E-state index < -0.39 is 0 Å². The normalized spacial score (nSPS) is 16.3. The summed E-state index contributed by atoms with van der Waals surface area (Å²) in [6.45, 7) is 1.98. The van der Waals surface area contributed by atoms with Crippen molar-refractivity contribution in [3.63, 3.8) is 0 Å². The van der Waals surface area contributed by atoms with Crippen LogP contribution in [-0.2, 0) is 6.42 Å². The van der Waals surface area contributed by atoms with Crippen molar-refractivity contribution in [3.05, 3.63) is 33.8 Å². The Bertz CT molecular complexity index is 382. The summed E-state index contributed by atoms with van der Waals surface area (Å²) in [7, 11) is 0. The summed E-state index contributed by atoms with van der Waals surface area (Å²) in [6, 6.07) is 3.89. The van der Waals surface area contributed by atoms with Crippen molar-refractivity contribution >= 4 is 17.4 Å². The number of carbonyl (C=O) groups excluding carboxylic acids is 1. The minimum atomic E-state index is 0.249. The van der Waals surface area contributed by atoms with E-state index in [-0.39, 0.29) is 5.78 Å². The molecule has 1 aromatic carbocycles. The van der Waals surface area contributed by atoms with Crippen molar-refractivity contribution in [2.24, 2.45) is 0 Å². The predicted molar refractivity (Wildman–Crippen MR) is 58.1 cm³/mol. The first-order valence-electron chi connectivity index (χ1n) is 5.00. The van der Waals surface area contributed by atoms with E-state index in [0.717, 1.165) is 30.4 Å². The molecule has 0 saturated heterocycles. The van der Waals surface area contributed by atoms with Crippen molar-refractivity contribution in [2.45, 2.75) is 32.6 Å². The average molecular weight is 209 g/mol. The lowest BCUT2D eigenvalue weighted by molar-refractivity contribution is 0.0982. The van der Waals surface area contributed by atoms with Crippen LogP contribution in [0.25, 0.3) is 0 Å². The first-order chi connectivity index (χ1) is 6.68. The van der Waals surface area contributed by atoms with Crippen LogP contribution < -0.4 is 0 Å². The number of carbonyl (C=O) groups is 1. The summed E-state index contributed by atoms with van der Waals surface area (Å²) in [5.74, 6) is 0.249. The zero-order chi connectivity index (χ0) is 10.1. The Hall–Kier alpha value is -0.820. The van der Waals surface area contributed by atoms with E-state index in [4.69, 9.17) is 11.6 Å². The highest BCUT2D eigenvalue weighted by Crippen LogP contribution is 2.26. The molecule has 0 amide bonds. The van der Waals surface area contributed by atoms with Crippen LogP contribution in [0.2, 0.25) is 5.02 Å². The molecule has 74 valence electrons. The van der Waals surface area contributed by atoms with Gasteiger partial charge in [-0.1, -0.05) is 17.7 Å². The first-order valence-corrected chi connectivity index (χ1v) is 5.38. The molecule has 1 aliphatic carbocycles. The summed E-state index contributed by atoms with van der Waals surface area (Å²) in [5.41, 5.74) is 3.09. The molecule has 0 radical (unpaired) electrons. The number of hydrogen-bond donors (Lipinski definition) is 0. The minimum absolute atomic E-state index is 0.249. The highest BCUT2D eigenvalue weighted by atomic mass is 35.5. The van der Waals surface area contributed by atoms with E-state index in [0.29, 0.717) is 11.4 Å². The molecule has 0 aliphatic heterocycles. The summed E-state index contributed by atoms with van der Waals surface area (Å²) in [5, 5.41) is 0.707. The van der Waals surface area contributed by atoms with Crippen molar-refractivity contribution in [2.75, 3.05) is 0 Å². The molecule has 1 aliphatic rings. The second-order valence-electron chi connectivity index (χ2n) is 3.89. The van der Waals surface area contributed by atoms with E-state index in [1.54, 1.807) is 0 Å². The topological polar surface area (TPSA) is 17.1 Å². The SMILES string of the molecule is Cc1cc2c(cc1Cl)C(=O)CCCC2. The highest BCUT2D eigenvalue weighted by Gasteiger charge is 2.16. The molecule has 14 heavy (non-hydrogen) atoms. The molecular formula is C12H13ClO. The molecule has 2 heteroatoms. The number of aryl methyl sites for hydroxylation is 2. The highest BCUT2D eigenvalue weighted by molar-refractivity contribution is 6.31. The molecule has 0 saturated carbocycles. The molecule has 1 aromatic rings. The number of benzene rings is 1. The fraction of sp³-hybridized carbons (Fsp3) is 0.417. The van der Waals surface area contributed by atoms with Crippen LogP contribution in [-0.4, -0.2) is 5.78 Å². The van der Waals surface area contributed by atoms with Crippen molar-refractivity contribution in [1.82, 2.24) is 0 Å². The molecule has 0 heterocycles. The lowest BCUT2D eigenvalue weighted by atomic mass is 10.00. The zero-order valence-corrected chi connectivity index (χ0v) is 9.03. The fourth-order valence-corrected chi connectivity index (χ4v) is 2.11. The average Bonchev–Trinajstić information content (AvgIpc) is 2.31. The van der Waals surface area contributed by atoms with Gasteiger partial charge in [-0.05, 0) is 43.4 Å². The third-order valence-corrected chi connectivity index (χ3v) is 3.19. The quantitative estimate of drug-likeness (QED) is 0.596. The summed E-state index contributed by atoms with van der Waals surface area (Å²) >= 11 is 6.01. The van der Waals surface area contributed by atoms with Gasteiger partial charge in [0.2, 0.25) is 0 Å². The summed E-state index contributed by atoms with van der Waals surface area (Å²) in [4.78, 5) is 11.7. The van der Waals surface area contributed by atoms with E-state index in [9.17, 15) is 4.79 Å². The van der Waals surface area contributed by atoms with E-state index in [1.165, 1.54) is 5.56 Å². The lowest BCUT2D eigenvalue weighted by Crippen LogP contribution is -2.00. The second kappa shape index (κ2) is 3.74. The van der Waals surface area contributed by atoms with Crippen molar-refractivity contribution < 1.29 is 4.79 Å². The van der Waals surface area contributed by atoms with Gasteiger partial charge in [0.05, 0.1) is 0 Å². The largest absolute Gasteiger partial charge is 0.294 e. The molecule has 2 rings (SSSR count). The Balaban J connectivity index is 2.54. The Labute approximate surface area is 89.1 Å². The van der Waals surface area contributed by atoms with Gasteiger partial charge < -0.3 is 0 Å². The third kappa shape index (κ3) is 1.69. The fourth-order valence-electron chi connectivity index (χ4n) is 1.94. The number of Topliss-reactive ketones (excluding diaryl/α,β-unsaturated/α-hetero) is 1. The van der Waals surface area contributed by atoms with Gasteiger partial charge in [-0.3, -0.25) is 4.79 Å². The van der Waals surface area contributed by atoms with Gasteiger partial charge in [0.25, 0.3) is 0 Å². The molecule has 0 N–H and O–H groups in total. The molecule has 0 atom stereocenters. The van der Waals surface area contributed by atoms with Crippen LogP contribution in [0.5, 0.6) is 0 Å². The molecule has 0 fully saturated rings. The minimum Gasteiger partial charge on any atom is -0.294 e. The van der Waals surface area contributed by atoms with Gasteiger partial charge in [0, 0.05) is 17.0 Å². The molecule has 0 unspecified atom stereocenters. The maximum Gasteiger partial charge on any atom is 0.163 e. The summed E-state index contributed by atoms with van der Waals surface area (Å²) in [6.07, 6.45) is 3.80. The molecule has 1 nitrogen and oxygen atoms in total. The van der Waals surface area contributed by atoms with Gasteiger partial charge >= 0.3 is 0 Å². The maximum atomic E-state index is 11.7. The van der Waals surface area contributed by atoms with Gasteiger partial charge in [-0.25, -0.2) is 0 Å². The number of fused-ring (bicyclic) bond motifs is 1. The standard InChI is InChI=1S/C12H13ClO/c1-8-6-9-4-2-3-5-12(14)10(9)7-11(8)13/h6-7H,2-5H2,1H3. The van der Waals surface area contributed by atoms with E-state index >= 15 is 0 Å². The zero-order valence-electron chi connectivity index (χ0n) is 8.27. The van der Waals surface area contributed by atoms with Crippen LogP contribution in [0.4, 0.5) is 0 Å². The molecule has 0 bridgehead atoms. The molecule has 0 aromatic heterocycles. The first kappa shape index (κ1) is 9.72. The van der Waals surface area contributed by atoms with Crippen molar-refractivity contribution in [3.8, 4) is 0 Å². The molecule has 0 spiro atoms. The number of hydrogen-bond acceptors (Lipinski definition) is 1. The summed E-state index contributed by atoms with van der Waals surface area (Å²) < 4.78 is 0. The van der Waals surface area contributed by atoms with E-state index in [1.807, 2.05) is 13.0 Å². The number of rotatable bonds is 0. The second-order valence-corrected chi connectivity index (χ2v) is 4.30. The van der Waals surface area contributed by atoms with Crippen LogP contribution in [0.15, 0.2) is 12.1 Å². The monoisotopic (exact) mass is 208 g/mol. The van der Waals surface area contributed by atoms with Crippen LogP contribution in [0.1, 0.15) is 40.7 Å². The smallest absolute Gasteiger partial charge is 0.163 e. The van der Waals surface area contributed by atoms with Crippen molar-refractivity contribution in [1.29, 1.82) is 0 Å². The van der Waals surface area contributed by atoms with Gasteiger partial charge in [-0.15, -0.1) is 0 Å². The van der Waals surface area contributed by atoms with Crippen LogP contribution in [0, 0.1) is 6.92 Å². The Kier molecular flexibility index (Phi) is 2.60. The van der Waals surface area contributed by atoms with Crippen LogP contribution in [0.3, 0.4) is 0 Å². The van der Waals surface area contributed by atoms with Gasteiger partial charge in [-0.2, -0.15) is 0 Å². The Morgan fingerprint density at radius 2 is 1.93 bits per heavy atom. The maximum absolute atomic E-state index is 11.7. The molecular weight excluding hydrogens is 196 g/mol. The van der Waals surface area contributed by atoms with Crippen LogP contribution >= 0.6 is 11.6 Å². The Morgan fingerprint density at radius 1 is 1.21 bits per heavy atom. The third-order valence-electron chi connectivity index (χ3n) is 2.78. The van der Waals surface area contributed by atoms with Gasteiger partial charge in [0.1, 0.15) is 0 Å². The van der Waals surface area contributed by atoms with E-state index in [2.05, 4.69) is 6.07 Å². The predicted octanol–water partition coefficient (Wildman–Crippen LogP) is 3.56. The Morgan fingerprint density at radius 3 is 2.71 bits per heavy atom.